The molecule has 1 N–H and O–H groups in total. The summed E-state index contributed by atoms with van der Waals surface area (Å²) < 4.78 is 2.01. The molecule has 2 aromatic carbocycles. The second-order valence-electron chi connectivity index (χ2n) is 8.68. The summed E-state index contributed by atoms with van der Waals surface area (Å²) in [5.74, 6) is 5.23. The molecule has 9 nitrogen and oxygen atoms in total. The number of nitrogens with zero attached hydrogens (tertiary/aromatic N) is 3. The fourth-order valence-corrected chi connectivity index (χ4v) is 3.77. The first kappa shape index (κ1) is 28.4. The summed E-state index contributed by atoms with van der Waals surface area (Å²) in [7, 11) is 4.27. The highest BCUT2D eigenvalue weighted by molar-refractivity contribution is 6.32. The lowest BCUT2D eigenvalue weighted by Crippen LogP contribution is -2.40. The number of halogens is 1. The van der Waals surface area contributed by atoms with E-state index in [4.69, 9.17) is 16.4 Å². The second kappa shape index (κ2) is 12.9. The van der Waals surface area contributed by atoms with E-state index < -0.39 is 17.2 Å². The number of hydroxylamine groups is 2. The monoisotopic (exact) mass is 536 g/mol. The first-order chi connectivity index (χ1) is 18.1. The van der Waals surface area contributed by atoms with E-state index in [-0.39, 0.29) is 36.1 Å². The van der Waals surface area contributed by atoms with Gasteiger partial charge in [-0.15, -0.1) is 0 Å². The van der Waals surface area contributed by atoms with E-state index in [1.807, 2.05) is 31.2 Å². The van der Waals surface area contributed by atoms with Crippen molar-refractivity contribution in [1.29, 1.82) is 0 Å². The van der Waals surface area contributed by atoms with Crippen LogP contribution in [0.15, 0.2) is 58.1 Å². The van der Waals surface area contributed by atoms with Gasteiger partial charge in [0.05, 0.1) is 20.1 Å². The number of hydrogen-bond acceptors (Lipinski definition) is 5. The lowest BCUT2D eigenvalue weighted by molar-refractivity contribution is -0.167. The van der Waals surface area contributed by atoms with Crippen LogP contribution in [0.4, 0.5) is 5.69 Å². The van der Waals surface area contributed by atoms with E-state index in [0.29, 0.717) is 12.0 Å². The molecule has 0 bridgehead atoms. The van der Waals surface area contributed by atoms with E-state index in [2.05, 4.69) is 17.2 Å². The van der Waals surface area contributed by atoms with Crippen molar-refractivity contribution in [2.24, 2.45) is 7.05 Å². The van der Waals surface area contributed by atoms with Crippen LogP contribution in [0.2, 0.25) is 5.15 Å². The van der Waals surface area contributed by atoms with Gasteiger partial charge < -0.3 is 5.32 Å². The molecule has 0 radical (unpaired) electrons. The van der Waals surface area contributed by atoms with E-state index >= 15 is 0 Å². The van der Waals surface area contributed by atoms with E-state index in [0.717, 1.165) is 30.9 Å². The fourth-order valence-electron chi connectivity index (χ4n) is 3.51. The number of carbonyl (C=O) groups is 2. The van der Waals surface area contributed by atoms with Crippen molar-refractivity contribution in [2.75, 3.05) is 19.5 Å². The minimum absolute atomic E-state index is 0.100. The number of aromatic nitrogens is 2. The summed E-state index contributed by atoms with van der Waals surface area (Å²) in [5, 5.41) is 3.53. The Hall–Kier alpha value is -4.13. The van der Waals surface area contributed by atoms with Gasteiger partial charge in [0.2, 0.25) is 11.8 Å². The molecule has 3 rings (SSSR count). The van der Waals surface area contributed by atoms with E-state index in [9.17, 15) is 19.2 Å². The summed E-state index contributed by atoms with van der Waals surface area (Å²) in [6.45, 7) is 1.88. The van der Waals surface area contributed by atoms with Gasteiger partial charge >= 0.3 is 5.69 Å². The normalized spacial score (nSPS) is 10.4. The number of likely N-dealkylation sites (N-methyl/N-ethyl adjacent to an activating group) is 1. The van der Waals surface area contributed by atoms with Crippen LogP contribution < -0.4 is 16.6 Å². The summed E-state index contributed by atoms with van der Waals surface area (Å²) in [5.41, 5.74) is 2.06. The molecular formula is C28H29ClN4O5. The predicted octanol–water partition coefficient (Wildman–Crippen LogP) is 2.69. The lowest BCUT2D eigenvalue weighted by Gasteiger charge is -2.13. The van der Waals surface area contributed by atoms with Gasteiger partial charge in [0.15, 0.2) is 0 Å². The number of amides is 2. The molecule has 198 valence electrons. The second-order valence-corrected chi connectivity index (χ2v) is 9.04. The van der Waals surface area contributed by atoms with E-state index in [1.165, 1.54) is 21.2 Å². The third-order valence-electron chi connectivity index (χ3n) is 5.91. The lowest BCUT2D eigenvalue weighted by atomic mass is 10.1. The first-order valence-corrected chi connectivity index (χ1v) is 12.2. The molecule has 3 aromatic rings. The van der Waals surface area contributed by atoms with Crippen LogP contribution in [0.25, 0.3) is 0 Å². The molecule has 0 saturated heterocycles. The van der Waals surface area contributed by atoms with Crippen molar-refractivity contribution < 1.29 is 14.4 Å². The van der Waals surface area contributed by atoms with Gasteiger partial charge in [0.1, 0.15) is 10.8 Å². The topological polar surface area (TPSA) is 103 Å². The molecular weight excluding hydrogens is 508 g/mol. The molecule has 0 saturated carbocycles. The molecule has 0 aliphatic rings. The molecule has 0 aliphatic heterocycles. The third-order valence-corrected chi connectivity index (χ3v) is 6.30. The minimum Gasteiger partial charge on any atom is -0.319 e. The number of rotatable bonds is 8. The fraction of sp³-hybridized carbons (Fsp3) is 0.286. The van der Waals surface area contributed by atoms with Crippen molar-refractivity contribution in [1.82, 2.24) is 14.2 Å². The van der Waals surface area contributed by atoms with Gasteiger partial charge in [-0.2, -0.15) is 0 Å². The number of nitrogens with one attached hydrogen (secondary N) is 1. The van der Waals surface area contributed by atoms with Crippen LogP contribution in [0.5, 0.6) is 0 Å². The SMILES string of the molecule is CON(C)C(=O)Cc1ccc(C#CCn2c(Cl)c(NC(=O)CCc3ccc(C)cc3)c(=O)n(C)c2=O)cc1. The van der Waals surface area contributed by atoms with Gasteiger partial charge in [-0.3, -0.25) is 28.4 Å². The highest BCUT2D eigenvalue weighted by Crippen LogP contribution is 2.16. The number of benzene rings is 2. The average Bonchev–Trinajstić information content (AvgIpc) is 2.92. The maximum absolute atomic E-state index is 12.7. The van der Waals surface area contributed by atoms with Gasteiger partial charge in [-0.25, -0.2) is 9.86 Å². The molecule has 2 amide bonds. The van der Waals surface area contributed by atoms with Gasteiger partial charge in [-0.05, 0) is 36.6 Å². The maximum Gasteiger partial charge on any atom is 0.332 e. The largest absolute Gasteiger partial charge is 0.332 e. The Morgan fingerprint density at radius 2 is 1.68 bits per heavy atom. The molecule has 0 fully saturated rings. The highest BCUT2D eigenvalue weighted by atomic mass is 35.5. The van der Waals surface area contributed by atoms with Crippen molar-refractivity contribution in [3.05, 3.63) is 96.8 Å². The number of anilines is 1. The van der Waals surface area contributed by atoms with Crippen molar-refractivity contribution >= 4 is 29.1 Å². The zero-order chi connectivity index (χ0) is 27.8. The Labute approximate surface area is 225 Å². The average molecular weight is 537 g/mol. The molecule has 38 heavy (non-hydrogen) atoms. The van der Waals surface area contributed by atoms with Crippen LogP contribution in [0, 0.1) is 18.8 Å². The van der Waals surface area contributed by atoms with Crippen LogP contribution >= 0.6 is 11.6 Å². The Morgan fingerprint density at radius 3 is 2.32 bits per heavy atom. The quantitative estimate of drug-likeness (QED) is 0.271. The molecule has 0 atom stereocenters. The standard InChI is InChI=1S/C28H29ClN4O5/c1-19-7-9-21(10-8-19)15-16-23(34)30-25-26(29)33(28(37)31(2)27(25)36)17-5-6-20-11-13-22(14-12-20)18-24(35)32(3)38-4/h7-14H,15-18H2,1-4H3,(H,30,34). The van der Waals surface area contributed by atoms with Gasteiger partial charge in [0.25, 0.3) is 5.56 Å². The Balaban J connectivity index is 1.72. The van der Waals surface area contributed by atoms with Crippen LogP contribution in [0.1, 0.15) is 28.7 Å². The number of carbonyl (C=O) groups excluding carboxylic acids is 2. The van der Waals surface area contributed by atoms with E-state index in [1.54, 1.807) is 24.3 Å². The summed E-state index contributed by atoms with van der Waals surface area (Å²) >= 11 is 6.38. The van der Waals surface area contributed by atoms with Crippen LogP contribution in [0.3, 0.4) is 0 Å². The van der Waals surface area contributed by atoms with Crippen molar-refractivity contribution in [3.8, 4) is 11.8 Å². The zero-order valence-corrected chi connectivity index (χ0v) is 22.5. The Kier molecular flexibility index (Phi) is 9.66. The molecule has 0 unspecified atom stereocenters. The number of aryl methyl sites for hydroxylation is 2. The summed E-state index contributed by atoms with van der Waals surface area (Å²) in [6, 6.07) is 14.9. The van der Waals surface area contributed by atoms with Crippen LogP contribution in [-0.2, 0) is 40.9 Å². The Morgan fingerprint density at radius 1 is 1.05 bits per heavy atom. The zero-order valence-electron chi connectivity index (χ0n) is 21.7. The van der Waals surface area contributed by atoms with Gasteiger partial charge in [0, 0.05) is 26.1 Å². The summed E-state index contributed by atoms with van der Waals surface area (Å²) in [6.07, 6.45) is 0.816. The smallest absolute Gasteiger partial charge is 0.319 e. The molecule has 0 spiro atoms. The molecule has 10 heteroatoms. The van der Waals surface area contributed by atoms with Crippen LogP contribution in [-0.4, -0.2) is 40.2 Å². The number of hydrogen-bond donors (Lipinski definition) is 1. The highest BCUT2D eigenvalue weighted by Gasteiger charge is 2.18. The Bertz CT molecular complexity index is 1500. The first-order valence-electron chi connectivity index (χ1n) is 11.8. The maximum atomic E-state index is 12.7. The molecule has 1 aromatic heterocycles. The van der Waals surface area contributed by atoms with Crippen molar-refractivity contribution in [2.45, 2.75) is 32.7 Å². The predicted molar refractivity (Wildman–Crippen MR) is 146 cm³/mol. The third kappa shape index (κ3) is 7.22. The summed E-state index contributed by atoms with van der Waals surface area (Å²) in [4.78, 5) is 54.7. The van der Waals surface area contributed by atoms with Gasteiger partial charge in [-0.1, -0.05) is 65.4 Å². The minimum atomic E-state index is -0.697. The van der Waals surface area contributed by atoms with Crippen molar-refractivity contribution in [3.63, 3.8) is 0 Å². The molecule has 0 aliphatic carbocycles. The molecule has 1 heterocycles.